The van der Waals surface area contributed by atoms with Crippen molar-refractivity contribution in [2.24, 2.45) is 0 Å². The van der Waals surface area contributed by atoms with Crippen LogP contribution in [0, 0.1) is 0 Å². The molecule has 5 nitrogen and oxygen atoms in total. The van der Waals surface area contributed by atoms with Gasteiger partial charge in [-0.05, 0) is 29.8 Å². The van der Waals surface area contributed by atoms with Crippen LogP contribution in [0.15, 0.2) is 54.6 Å². The lowest BCUT2D eigenvalue weighted by atomic mass is 10.1. The zero-order valence-electron chi connectivity index (χ0n) is 12.9. The number of methoxy groups -OCH3 is 1. The second kappa shape index (κ2) is 6.52. The summed E-state index contributed by atoms with van der Waals surface area (Å²) in [6, 6.07) is 16.8. The third kappa shape index (κ3) is 3.18. The summed E-state index contributed by atoms with van der Waals surface area (Å²) in [6.45, 7) is 1.45. The minimum atomic E-state index is -0.476. The van der Waals surface area contributed by atoms with Gasteiger partial charge >= 0.3 is 11.8 Å². The molecule has 23 heavy (non-hydrogen) atoms. The number of amides is 2. The molecule has 2 aromatic carbocycles. The Balaban J connectivity index is 1.70. The van der Waals surface area contributed by atoms with E-state index in [1.165, 1.54) is 4.90 Å². The third-order valence-electron chi connectivity index (χ3n) is 3.91. The predicted molar refractivity (Wildman–Crippen MR) is 87.2 cm³/mol. The molecule has 2 aromatic rings. The molecule has 1 saturated heterocycles. The quantitative estimate of drug-likeness (QED) is 0.812. The lowest BCUT2D eigenvalue weighted by Gasteiger charge is -2.33. The van der Waals surface area contributed by atoms with Gasteiger partial charge in [-0.15, -0.1) is 0 Å². The molecule has 1 aliphatic rings. The molecule has 1 fully saturated rings. The summed E-state index contributed by atoms with van der Waals surface area (Å²) in [7, 11) is 1.61. The highest BCUT2D eigenvalue weighted by molar-refractivity contribution is 6.40. The van der Waals surface area contributed by atoms with Crippen molar-refractivity contribution in [1.82, 2.24) is 4.90 Å². The monoisotopic (exact) mass is 310 g/mol. The Kier molecular flexibility index (Phi) is 4.28. The average molecular weight is 310 g/mol. The second-order valence-electron chi connectivity index (χ2n) is 5.37. The first-order chi connectivity index (χ1) is 11.2. The Hall–Kier alpha value is -2.82. The van der Waals surface area contributed by atoms with Crippen LogP contribution in [0.25, 0.3) is 0 Å². The molecule has 1 aliphatic heterocycles. The molecule has 0 saturated carbocycles. The van der Waals surface area contributed by atoms with Crippen molar-refractivity contribution >= 4 is 17.5 Å². The van der Waals surface area contributed by atoms with Gasteiger partial charge in [0.1, 0.15) is 5.75 Å². The number of hydrogen-bond acceptors (Lipinski definition) is 3. The standard InChI is InChI=1S/C18H18N2O3/c1-23-16-9-7-14(8-10-16)13-19-11-12-20(18(22)17(19)21)15-5-3-2-4-6-15/h2-10H,11-13H2,1H3. The normalized spacial score (nSPS) is 15.0. The molecule has 0 radical (unpaired) electrons. The molecular formula is C18H18N2O3. The van der Waals surface area contributed by atoms with E-state index in [0.717, 1.165) is 17.0 Å². The van der Waals surface area contributed by atoms with Gasteiger partial charge in [-0.3, -0.25) is 9.59 Å². The van der Waals surface area contributed by atoms with Gasteiger partial charge < -0.3 is 14.5 Å². The number of carbonyl (C=O) groups is 2. The van der Waals surface area contributed by atoms with Crippen molar-refractivity contribution in [3.05, 3.63) is 60.2 Å². The average Bonchev–Trinajstić information content (AvgIpc) is 2.60. The fourth-order valence-corrected chi connectivity index (χ4v) is 2.63. The lowest BCUT2D eigenvalue weighted by Crippen LogP contribution is -2.54. The number of hydrogen-bond donors (Lipinski definition) is 0. The second-order valence-corrected chi connectivity index (χ2v) is 5.37. The summed E-state index contributed by atoms with van der Waals surface area (Å²) in [5.41, 5.74) is 1.73. The van der Waals surface area contributed by atoms with Crippen molar-refractivity contribution in [1.29, 1.82) is 0 Å². The van der Waals surface area contributed by atoms with Gasteiger partial charge in [0, 0.05) is 25.3 Å². The highest BCUT2D eigenvalue weighted by Gasteiger charge is 2.33. The van der Waals surface area contributed by atoms with Gasteiger partial charge in [-0.2, -0.15) is 0 Å². The van der Waals surface area contributed by atoms with Gasteiger partial charge in [0.2, 0.25) is 0 Å². The Bertz CT molecular complexity index is 698. The van der Waals surface area contributed by atoms with Gasteiger partial charge in [0.25, 0.3) is 0 Å². The maximum Gasteiger partial charge on any atom is 0.316 e. The van der Waals surface area contributed by atoms with Crippen LogP contribution in [0.3, 0.4) is 0 Å². The third-order valence-corrected chi connectivity index (χ3v) is 3.91. The van der Waals surface area contributed by atoms with Crippen LogP contribution in [-0.4, -0.2) is 36.9 Å². The van der Waals surface area contributed by atoms with Crippen LogP contribution >= 0.6 is 0 Å². The summed E-state index contributed by atoms with van der Waals surface area (Å²) in [5, 5.41) is 0. The SMILES string of the molecule is COc1ccc(CN2CCN(c3ccccc3)C(=O)C2=O)cc1. The Labute approximate surface area is 135 Å². The molecule has 2 amide bonds. The first-order valence-electron chi connectivity index (χ1n) is 7.48. The van der Waals surface area contributed by atoms with Crippen LogP contribution < -0.4 is 9.64 Å². The van der Waals surface area contributed by atoms with Crippen LogP contribution in [0.2, 0.25) is 0 Å². The summed E-state index contributed by atoms with van der Waals surface area (Å²) in [5.74, 6) is -0.170. The number of rotatable bonds is 4. The first-order valence-corrected chi connectivity index (χ1v) is 7.48. The fourth-order valence-electron chi connectivity index (χ4n) is 2.63. The molecule has 0 aromatic heterocycles. The van der Waals surface area contributed by atoms with Crippen molar-refractivity contribution in [2.45, 2.75) is 6.54 Å². The van der Waals surface area contributed by atoms with E-state index in [1.54, 1.807) is 12.0 Å². The lowest BCUT2D eigenvalue weighted by molar-refractivity contribution is -0.146. The molecule has 0 spiro atoms. The van der Waals surface area contributed by atoms with Crippen LogP contribution in [0.5, 0.6) is 5.75 Å². The Morgan fingerprint density at radius 2 is 1.61 bits per heavy atom. The minimum Gasteiger partial charge on any atom is -0.497 e. The van der Waals surface area contributed by atoms with Crippen molar-refractivity contribution in [3.8, 4) is 5.75 Å². The number of carbonyl (C=O) groups excluding carboxylic acids is 2. The summed E-state index contributed by atoms with van der Waals surface area (Å²) in [6.07, 6.45) is 0. The molecule has 3 rings (SSSR count). The van der Waals surface area contributed by atoms with Gasteiger partial charge in [0.05, 0.1) is 7.11 Å². The molecule has 0 aliphatic carbocycles. The van der Waals surface area contributed by atoms with E-state index in [9.17, 15) is 9.59 Å². The topological polar surface area (TPSA) is 49.9 Å². The van der Waals surface area contributed by atoms with E-state index < -0.39 is 11.8 Å². The molecule has 1 heterocycles. The summed E-state index contributed by atoms with van der Waals surface area (Å²) in [4.78, 5) is 27.8. The van der Waals surface area contributed by atoms with E-state index >= 15 is 0 Å². The Morgan fingerprint density at radius 1 is 0.913 bits per heavy atom. The number of ether oxygens (including phenoxy) is 1. The Morgan fingerprint density at radius 3 is 2.26 bits per heavy atom. The minimum absolute atomic E-state index is 0.428. The summed E-state index contributed by atoms with van der Waals surface area (Å²) >= 11 is 0. The molecule has 0 bridgehead atoms. The zero-order chi connectivity index (χ0) is 16.2. The number of anilines is 1. The van der Waals surface area contributed by atoms with E-state index in [0.29, 0.717) is 19.6 Å². The molecule has 118 valence electrons. The molecule has 0 atom stereocenters. The zero-order valence-corrected chi connectivity index (χ0v) is 12.9. The number of para-hydroxylation sites is 1. The maximum absolute atomic E-state index is 12.3. The molecular weight excluding hydrogens is 292 g/mol. The number of piperazine rings is 1. The van der Waals surface area contributed by atoms with Gasteiger partial charge in [-0.1, -0.05) is 30.3 Å². The highest BCUT2D eigenvalue weighted by Crippen LogP contribution is 2.19. The maximum atomic E-state index is 12.3. The van der Waals surface area contributed by atoms with E-state index in [4.69, 9.17) is 4.74 Å². The smallest absolute Gasteiger partial charge is 0.316 e. The van der Waals surface area contributed by atoms with Crippen molar-refractivity contribution in [2.75, 3.05) is 25.1 Å². The van der Waals surface area contributed by atoms with E-state index in [1.807, 2.05) is 54.6 Å². The predicted octanol–water partition coefficient (Wildman–Crippen LogP) is 2.07. The molecule has 0 unspecified atom stereocenters. The molecule has 5 heteroatoms. The van der Waals surface area contributed by atoms with Gasteiger partial charge in [-0.25, -0.2) is 0 Å². The summed E-state index contributed by atoms with van der Waals surface area (Å²) < 4.78 is 5.12. The largest absolute Gasteiger partial charge is 0.497 e. The van der Waals surface area contributed by atoms with Crippen LogP contribution in [0.4, 0.5) is 5.69 Å². The highest BCUT2D eigenvalue weighted by atomic mass is 16.5. The number of benzene rings is 2. The fraction of sp³-hybridized carbons (Fsp3) is 0.222. The van der Waals surface area contributed by atoms with Gasteiger partial charge in [0.15, 0.2) is 0 Å². The van der Waals surface area contributed by atoms with E-state index in [-0.39, 0.29) is 0 Å². The van der Waals surface area contributed by atoms with Crippen LogP contribution in [-0.2, 0) is 16.1 Å². The first kappa shape index (κ1) is 15.1. The van der Waals surface area contributed by atoms with Crippen molar-refractivity contribution < 1.29 is 14.3 Å². The van der Waals surface area contributed by atoms with Crippen molar-refractivity contribution in [3.63, 3.8) is 0 Å². The van der Waals surface area contributed by atoms with Crippen LogP contribution in [0.1, 0.15) is 5.56 Å². The number of nitrogens with zero attached hydrogens (tertiary/aromatic N) is 2. The molecule has 0 N–H and O–H groups in total. The van der Waals surface area contributed by atoms with E-state index in [2.05, 4.69) is 0 Å².